The fourth-order valence-electron chi connectivity index (χ4n) is 1.96. The van der Waals surface area contributed by atoms with E-state index in [0.29, 0.717) is 22.6 Å². The summed E-state index contributed by atoms with van der Waals surface area (Å²) in [6.45, 7) is 3.52. The first-order valence-electron chi connectivity index (χ1n) is 5.62. The van der Waals surface area contributed by atoms with Crippen LogP contribution < -0.4 is 4.74 Å². The van der Waals surface area contributed by atoms with Crippen molar-refractivity contribution in [2.45, 2.75) is 13.8 Å². The highest BCUT2D eigenvalue weighted by Crippen LogP contribution is 2.39. The molecule has 0 bridgehead atoms. The lowest BCUT2D eigenvalue weighted by atomic mass is 10.00. The van der Waals surface area contributed by atoms with E-state index >= 15 is 0 Å². The number of rotatable bonds is 3. The molecule has 0 saturated heterocycles. The molecule has 0 unspecified atom stereocenters. The van der Waals surface area contributed by atoms with E-state index in [0.717, 1.165) is 5.56 Å². The molecule has 1 aromatic carbocycles. The standard InChI is InChI=1S/C13H14N2O4/c1-6-4-10(19-3)7(2)12(16)11(6)8-5-9(13(17)18)15-14-8/h4-5,16H,1-3H3,(H,14,15)(H,17,18). The molecule has 2 aromatic rings. The zero-order valence-electron chi connectivity index (χ0n) is 10.8. The van der Waals surface area contributed by atoms with Crippen LogP contribution in [0, 0.1) is 13.8 Å². The number of ether oxygens (including phenoxy) is 1. The topological polar surface area (TPSA) is 95.4 Å². The van der Waals surface area contributed by atoms with Crippen molar-refractivity contribution in [2.75, 3.05) is 7.11 Å². The van der Waals surface area contributed by atoms with Gasteiger partial charge in [0.2, 0.25) is 0 Å². The Labute approximate surface area is 109 Å². The van der Waals surface area contributed by atoms with Crippen molar-refractivity contribution < 1.29 is 19.7 Å². The van der Waals surface area contributed by atoms with Gasteiger partial charge in [0.15, 0.2) is 0 Å². The number of carboxylic acids is 1. The van der Waals surface area contributed by atoms with Crippen molar-refractivity contribution in [3.63, 3.8) is 0 Å². The Hall–Kier alpha value is -2.50. The molecule has 6 heteroatoms. The van der Waals surface area contributed by atoms with Gasteiger partial charge in [0.1, 0.15) is 17.2 Å². The number of aromatic amines is 1. The van der Waals surface area contributed by atoms with Gasteiger partial charge in [-0.25, -0.2) is 4.79 Å². The molecule has 19 heavy (non-hydrogen) atoms. The maximum atomic E-state index is 10.8. The fraction of sp³-hybridized carbons (Fsp3) is 0.231. The third-order valence-electron chi connectivity index (χ3n) is 2.99. The minimum Gasteiger partial charge on any atom is -0.507 e. The van der Waals surface area contributed by atoms with Crippen LogP contribution in [0.4, 0.5) is 0 Å². The van der Waals surface area contributed by atoms with Gasteiger partial charge in [0.25, 0.3) is 0 Å². The van der Waals surface area contributed by atoms with E-state index in [1.54, 1.807) is 19.9 Å². The largest absolute Gasteiger partial charge is 0.507 e. The maximum Gasteiger partial charge on any atom is 0.353 e. The van der Waals surface area contributed by atoms with Crippen molar-refractivity contribution in [2.24, 2.45) is 0 Å². The Kier molecular flexibility index (Phi) is 3.16. The number of aromatic carboxylic acids is 1. The second kappa shape index (κ2) is 4.64. The van der Waals surface area contributed by atoms with Crippen LogP contribution in [0.5, 0.6) is 11.5 Å². The van der Waals surface area contributed by atoms with Crippen molar-refractivity contribution >= 4 is 5.97 Å². The van der Waals surface area contributed by atoms with E-state index in [-0.39, 0.29) is 11.4 Å². The molecular formula is C13H14N2O4. The highest BCUT2D eigenvalue weighted by molar-refractivity contribution is 5.87. The van der Waals surface area contributed by atoms with Crippen LogP contribution in [0.2, 0.25) is 0 Å². The number of nitrogens with zero attached hydrogens (tertiary/aromatic N) is 1. The quantitative estimate of drug-likeness (QED) is 0.787. The molecule has 0 saturated carbocycles. The number of nitrogens with one attached hydrogen (secondary N) is 1. The summed E-state index contributed by atoms with van der Waals surface area (Å²) in [7, 11) is 1.53. The van der Waals surface area contributed by atoms with Crippen molar-refractivity contribution in [1.82, 2.24) is 10.2 Å². The smallest absolute Gasteiger partial charge is 0.353 e. The van der Waals surface area contributed by atoms with Crippen molar-refractivity contribution in [1.29, 1.82) is 0 Å². The molecule has 1 aromatic heterocycles. The first-order valence-corrected chi connectivity index (χ1v) is 5.62. The van der Waals surface area contributed by atoms with Crippen LogP contribution in [0.25, 0.3) is 11.3 Å². The van der Waals surface area contributed by atoms with E-state index in [4.69, 9.17) is 9.84 Å². The SMILES string of the molecule is COc1cc(C)c(-c2cc(C(=O)O)[nH]n2)c(O)c1C. The van der Waals surface area contributed by atoms with Gasteiger partial charge in [-0.2, -0.15) is 5.10 Å². The Balaban J connectivity index is 2.61. The number of hydrogen-bond donors (Lipinski definition) is 3. The Morgan fingerprint density at radius 3 is 2.58 bits per heavy atom. The first-order chi connectivity index (χ1) is 8.95. The van der Waals surface area contributed by atoms with Gasteiger partial charge in [-0.1, -0.05) is 0 Å². The number of aryl methyl sites for hydroxylation is 1. The average Bonchev–Trinajstić information content (AvgIpc) is 2.83. The van der Waals surface area contributed by atoms with E-state index in [1.807, 2.05) is 0 Å². The molecule has 0 amide bonds. The molecule has 100 valence electrons. The molecule has 0 aliphatic rings. The van der Waals surface area contributed by atoms with Crippen molar-refractivity contribution in [3.8, 4) is 22.8 Å². The number of aromatic hydroxyl groups is 1. The van der Waals surface area contributed by atoms with Gasteiger partial charge < -0.3 is 14.9 Å². The lowest BCUT2D eigenvalue weighted by molar-refractivity contribution is 0.0690. The molecule has 1 heterocycles. The van der Waals surface area contributed by atoms with Crippen molar-refractivity contribution in [3.05, 3.63) is 29.0 Å². The third kappa shape index (κ3) is 2.12. The van der Waals surface area contributed by atoms with Gasteiger partial charge in [0.05, 0.1) is 12.8 Å². The molecule has 6 nitrogen and oxygen atoms in total. The fourth-order valence-corrected chi connectivity index (χ4v) is 1.96. The summed E-state index contributed by atoms with van der Waals surface area (Å²) in [5.41, 5.74) is 2.20. The molecule has 0 aliphatic heterocycles. The number of carbonyl (C=O) groups is 1. The van der Waals surface area contributed by atoms with Gasteiger partial charge in [0, 0.05) is 11.1 Å². The number of phenolic OH excluding ortho intramolecular Hbond substituents is 1. The molecule has 0 spiro atoms. The van der Waals surface area contributed by atoms with Gasteiger partial charge in [-0.05, 0) is 31.5 Å². The summed E-state index contributed by atoms with van der Waals surface area (Å²) in [5, 5.41) is 25.4. The van der Waals surface area contributed by atoms with E-state index in [1.165, 1.54) is 13.2 Å². The minimum absolute atomic E-state index is 0.0257. The number of H-pyrrole nitrogens is 1. The monoisotopic (exact) mass is 262 g/mol. The second-order valence-corrected chi connectivity index (χ2v) is 4.22. The number of carboxylic acid groups (broad SMARTS) is 1. The number of benzene rings is 1. The van der Waals surface area contributed by atoms with Crippen LogP contribution in [0.15, 0.2) is 12.1 Å². The number of methoxy groups -OCH3 is 1. The zero-order valence-corrected chi connectivity index (χ0v) is 10.8. The van der Waals surface area contributed by atoms with E-state index in [9.17, 15) is 9.90 Å². The molecule has 0 aliphatic carbocycles. The summed E-state index contributed by atoms with van der Waals surface area (Å²) < 4.78 is 5.16. The van der Waals surface area contributed by atoms with Crippen LogP contribution in [0.3, 0.4) is 0 Å². The Morgan fingerprint density at radius 2 is 2.05 bits per heavy atom. The maximum absolute atomic E-state index is 10.8. The average molecular weight is 262 g/mol. The summed E-state index contributed by atoms with van der Waals surface area (Å²) >= 11 is 0. The van der Waals surface area contributed by atoms with Crippen LogP contribution in [0.1, 0.15) is 21.6 Å². The lowest BCUT2D eigenvalue weighted by Gasteiger charge is -2.12. The summed E-state index contributed by atoms with van der Waals surface area (Å²) in [6, 6.07) is 3.16. The summed E-state index contributed by atoms with van der Waals surface area (Å²) in [6.07, 6.45) is 0. The molecule has 0 fully saturated rings. The zero-order chi connectivity index (χ0) is 14.2. The first kappa shape index (κ1) is 12.9. The summed E-state index contributed by atoms with van der Waals surface area (Å²) in [4.78, 5) is 10.8. The highest BCUT2D eigenvalue weighted by atomic mass is 16.5. The van der Waals surface area contributed by atoms with Crippen LogP contribution in [-0.4, -0.2) is 33.5 Å². The number of aromatic nitrogens is 2. The molecule has 2 rings (SSSR count). The Morgan fingerprint density at radius 1 is 1.37 bits per heavy atom. The normalized spacial score (nSPS) is 10.5. The molecule has 3 N–H and O–H groups in total. The predicted octanol–water partition coefficient (Wildman–Crippen LogP) is 2.11. The van der Waals surface area contributed by atoms with Gasteiger partial charge >= 0.3 is 5.97 Å². The predicted molar refractivity (Wildman–Crippen MR) is 68.7 cm³/mol. The van der Waals surface area contributed by atoms with E-state index in [2.05, 4.69) is 10.2 Å². The second-order valence-electron chi connectivity index (χ2n) is 4.22. The minimum atomic E-state index is -1.10. The summed E-state index contributed by atoms with van der Waals surface area (Å²) in [5.74, 6) is -0.478. The molecule has 0 atom stereocenters. The van der Waals surface area contributed by atoms with Gasteiger partial charge in [-0.15, -0.1) is 0 Å². The third-order valence-corrected chi connectivity index (χ3v) is 2.99. The molecular weight excluding hydrogens is 248 g/mol. The van der Waals surface area contributed by atoms with Gasteiger partial charge in [-0.3, -0.25) is 5.10 Å². The van der Waals surface area contributed by atoms with E-state index < -0.39 is 5.97 Å². The molecule has 0 radical (unpaired) electrons. The highest BCUT2D eigenvalue weighted by Gasteiger charge is 2.18. The lowest BCUT2D eigenvalue weighted by Crippen LogP contribution is -1.95. The van der Waals surface area contributed by atoms with Crippen LogP contribution in [-0.2, 0) is 0 Å². The number of phenols is 1. The Bertz CT molecular complexity index is 646. The van der Waals surface area contributed by atoms with Crippen LogP contribution >= 0.6 is 0 Å². The number of hydrogen-bond acceptors (Lipinski definition) is 4.